The molecular weight excluding hydrogens is 669 g/mol. The summed E-state index contributed by atoms with van der Waals surface area (Å²) in [7, 11) is -2.84. The van der Waals surface area contributed by atoms with Crippen molar-refractivity contribution < 1.29 is 22.7 Å². The van der Waals surface area contributed by atoms with Gasteiger partial charge in [0, 0.05) is 19.0 Å². The normalized spacial score (nSPS) is 12.0. The van der Waals surface area contributed by atoms with Crippen LogP contribution < -0.4 is 14.4 Å². The van der Waals surface area contributed by atoms with Crippen molar-refractivity contribution in [2.75, 3.05) is 18.0 Å². The molecule has 4 aromatic carbocycles. The monoisotopic (exact) mass is 701 g/mol. The van der Waals surface area contributed by atoms with Gasteiger partial charge in [-0.15, -0.1) is 0 Å². The van der Waals surface area contributed by atoms with E-state index in [9.17, 15) is 18.0 Å². The Hall–Kier alpha value is -3.76. The first-order valence-electron chi connectivity index (χ1n) is 14.4. The summed E-state index contributed by atoms with van der Waals surface area (Å²) < 4.78 is 34.5. The first-order chi connectivity index (χ1) is 21.9. The summed E-state index contributed by atoms with van der Waals surface area (Å²) in [5.41, 5.74) is 1.56. The number of halogens is 3. The molecule has 1 unspecified atom stereocenters. The van der Waals surface area contributed by atoms with Crippen molar-refractivity contribution in [3.05, 3.63) is 123 Å². The van der Waals surface area contributed by atoms with Crippen molar-refractivity contribution in [2.45, 2.75) is 43.8 Å². The first kappa shape index (κ1) is 35.1. The van der Waals surface area contributed by atoms with Crippen LogP contribution in [-0.2, 0) is 32.6 Å². The molecule has 8 nitrogen and oxygen atoms in total. The van der Waals surface area contributed by atoms with Crippen molar-refractivity contribution in [2.24, 2.45) is 0 Å². The molecule has 1 atom stereocenters. The zero-order valence-electron chi connectivity index (χ0n) is 25.5. The Morgan fingerprint density at radius 3 is 2.04 bits per heavy atom. The molecule has 4 aromatic rings. The molecule has 0 heterocycles. The van der Waals surface area contributed by atoms with Crippen molar-refractivity contribution in [1.29, 1.82) is 0 Å². The van der Waals surface area contributed by atoms with Crippen LogP contribution in [0.1, 0.15) is 25.0 Å². The lowest BCUT2D eigenvalue weighted by atomic mass is 10.0. The number of ether oxygens (including phenoxy) is 1. The van der Waals surface area contributed by atoms with Gasteiger partial charge in [0.2, 0.25) is 11.8 Å². The highest BCUT2D eigenvalue weighted by atomic mass is 35.5. The molecule has 0 radical (unpaired) electrons. The Morgan fingerprint density at radius 1 is 0.804 bits per heavy atom. The number of anilines is 1. The van der Waals surface area contributed by atoms with E-state index in [1.165, 1.54) is 42.3 Å². The number of sulfonamides is 1. The minimum atomic E-state index is -4.28. The third kappa shape index (κ3) is 8.73. The Kier molecular flexibility index (Phi) is 12.0. The summed E-state index contributed by atoms with van der Waals surface area (Å²) in [6.45, 7) is 2.96. The maximum atomic E-state index is 14.5. The number of methoxy groups -OCH3 is 1. The van der Waals surface area contributed by atoms with Crippen LogP contribution in [0.25, 0.3) is 0 Å². The number of nitrogens with one attached hydrogen (secondary N) is 1. The third-order valence-corrected chi connectivity index (χ3v) is 9.89. The van der Waals surface area contributed by atoms with Crippen molar-refractivity contribution in [3.8, 4) is 5.75 Å². The number of hydrogen-bond acceptors (Lipinski definition) is 5. The molecule has 46 heavy (non-hydrogen) atoms. The Bertz CT molecular complexity index is 1770. The van der Waals surface area contributed by atoms with Crippen LogP contribution in [0.3, 0.4) is 0 Å². The van der Waals surface area contributed by atoms with Crippen LogP contribution in [-0.4, -0.2) is 50.9 Å². The number of nitrogens with zero attached hydrogens (tertiary/aromatic N) is 2. The Labute approximate surface area is 284 Å². The lowest BCUT2D eigenvalue weighted by molar-refractivity contribution is -0.140. The van der Waals surface area contributed by atoms with Gasteiger partial charge in [0.25, 0.3) is 10.0 Å². The highest BCUT2D eigenvalue weighted by Gasteiger charge is 2.35. The summed E-state index contributed by atoms with van der Waals surface area (Å²) in [5.74, 6) is -0.682. The van der Waals surface area contributed by atoms with Crippen LogP contribution >= 0.6 is 34.8 Å². The second-order valence-electron chi connectivity index (χ2n) is 10.8. The van der Waals surface area contributed by atoms with Crippen molar-refractivity contribution in [1.82, 2.24) is 10.2 Å². The fourth-order valence-electron chi connectivity index (χ4n) is 4.83. The molecule has 0 bridgehead atoms. The quantitative estimate of drug-likeness (QED) is 0.162. The van der Waals surface area contributed by atoms with E-state index >= 15 is 0 Å². The smallest absolute Gasteiger partial charge is 0.264 e. The summed E-state index contributed by atoms with van der Waals surface area (Å²) in [6.07, 6.45) is 0.173. The fraction of sp³-hybridized carbons (Fsp3) is 0.235. The number of amides is 2. The molecule has 0 aliphatic heterocycles. The minimum Gasteiger partial charge on any atom is -0.495 e. The van der Waals surface area contributed by atoms with E-state index in [1.54, 1.807) is 36.4 Å². The summed E-state index contributed by atoms with van der Waals surface area (Å²) in [6, 6.07) is 25.2. The molecule has 0 spiro atoms. The van der Waals surface area contributed by atoms with Crippen LogP contribution in [0, 0.1) is 0 Å². The third-order valence-electron chi connectivity index (χ3n) is 7.07. The van der Waals surface area contributed by atoms with Gasteiger partial charge >= 0.3 is 0 Å². The Balaban J connectivity index is 1.83. The van der Waals surface area contributed by atoms with Gasteiger partial charge < -0.3 is 15.0 Å². The fourth-order valence-corrected chi connectivity index (χ4v) is 6.83. The average Bonchev–Trinajstić information content (AvgIpc) is 3.03. The lowest BCUT2D eigenvalue weighted by Gasteiger charge is -2.34. The van der Waals surface area contributed by atoms with Gasteiger partial charge in [0.15, 0.2) is 0 Å². The largest absolute Gasteiger partial charge is 0.495 e. The van der Waals surface area contributed by atoms with Gasteiger partial charge in [-0.3, -0.25) is 13.9 Å². The average molecular weight is 703 g/mol. The van der Waals surface area contributed by atoms with Crippen LogP contribution in [0.15, 0.2) is 102 Å². The Morgan fingerprint density at radius 2 is 1.46 bits per heavy atom. The van der Waals surface area contributed by atoms with Gasteiger partial charge in [-0.1, -0.05) is 89.4 Å². The van der Waals surface area contributed by atoms with E-state index in [0.717, 1.165) is 9.87 Å². The lowest BCUT2D eigenvalue weighted by Crippen LogP contribution is -2.54. The number of carbonyl (C=O) groups excluding carboxylic acids is 2. The maximum absolute atomic E-state index is 14.5. The van der Waals surface area contributed by atoms with Crippen LogP contribution in [0.4, 0.5) is 5.69 Å². The van der Waals surface area contributed by atoms with Gasteiger partial charge in [-0.2, -0.15) is 0 Å². The molecule has 242 valence electrons. The number of rotatable bonds is 13. The number of benzene rings is 4. The van der Waals surface area contributed by atoms with Crippen molar-refractivity contribution in [3.63, 3.8) is 0 Å². The highest BCUT2D eigenvalue weighted by Crippen LogP contribution is 2.32. The van der Waals surface area contributed by atoms with E-state index in [0.29, 0.717) is 16.3 Å². The predicted molar refractivity (Wildman–Crippen MR) is 183 cm³/mol. The number of carbonyl (C=O) groups is 2. The molecular formula is C34H34Cl3N3O5S. The predicted octanol–water partition coefficient (Wildman–Crippen LogP) is 7.02. The molecule has 4 rings (SSSR count). The van der Waals surface area contributed by atoms with Crippen LogP contribution in [0.5, 0.6) is 5.75 Å². The first-order valence-corrected chi connectivity index (χ1v) is 17.0. The molecule has 1 N–H and O–H groups in total. The number of hydrogen-bond donors (Lipinski definition) is 1. The molecule has 0 saturated heterocycles. The second kappa shape index (κ2) is 15.7. The van der Waals surface area contributed by atoms with Gasteiger partial charge in [-0.05, 0) is 67.4 Å². The van der Waals surface area contributed by atoms with E-state index in [1.807, 2.05) is 44.2 Å². The molecule has 0 fully saturated rings. The summed E-state index contributed by atoms with van der Waals surface area (Å²) in [4.78, 5) is 29.7. The molecule has 2 amide bonds. The zero-order chi connectivity index (χ0) is 33.4. The van der Waals surface area contributed by atoms with Gasteiger partial charge in [0.1, 0.15) is 18.3 Å². The van der Waals surface area contributed by atoms with E-state index in [-0.39, 0.29) is 39.6 Å². The molecule has 0 aliphatic rings. The van der Waals surface area contributed by atoms with Crippen LogP contribution in [0.2, 0.25) is 15.1 Å². The minimum absolute atomic E-state index is 0.0239. The zero-order valence-corrected chi connectivity index (χ0v) is 28.6. The van der Waals surface area contributed by atoms with E-state index in [2.05, 4.69) is 5.32 Å². The summed E-state index contributed by atoms with van der Waals surface area (Å²) >= 11 is 18.9. The van der Waals surface area contributed by atoms with Gasteiger partial charge in [0.05, 0.1) is 32.8 Å². The molecule has 0 aliphatic carbocycles. The molecule has 0 saturated carbocycles. The second-order valence-corrected chi connectivity index (χ2v) is 13.9. The van der Waals surface area contributed by atoms with Gasteiger partial charge in [-0.25, -0.2) is 8.42 Å². The maximum Gasteiger partial charge on any atom is 0.264 e. The standard InChI is InChI=1S/C34H34Cl3N3O5S/c1-23(2)38-34(42)31(19-24-10-6-4-7-11-24)39(21-25-14-16-28(35)29(36)18-25)33(41)22-40(26-15-17-32(45-3)30(37)20-26)46(43,44)27-12-8-5-9-13-27/h4-18,20,23,31H,19,21-22H2,1-3H3,(H,38,42). The molecule has 12 heteroatoms. The summed E-state index contributed by atoms with van der Waals surface area (Å²) in [5, 5.41) is 3.69. The van der Waals surface area contributed by atoms with E-state index < -0.39 is 34.4 Å². The topological polar surface area (TPSA) is 96.0 Å². The molecule has 0 aromatic heterocycles. The van der Waals surface area contributed by atoms with E-state index in [4.69, 9.17) is 39.5 Å². The van der Waals surface area contributed by atoms with Crippen molar-refractivity contribution >= 4 is 62.3 Å². The SMILES string of the molecule is COc1ccc(N(CC(=O)N(Cc2ccc(Cl)c(Cl)c2)C(Cc2ccccc2)C(=O)NC(C)C)S(=O)(=O)c2ccccc2)cc1Cl. The highest BCUT2D eigenvalue weighted by molar-refractivity contribution is 7.92.